The van der Waals surface area contributed by atoms with Gasteiger partial charge in [0.15, 0.2) is 11.6 Å². The van der Waals surface area contributed by atoms with E-state index in [0.29, 0.717) is 22.4 Å². The molecule has 0 aliphatic carbocycles. The monoisotopic (exact) mass is 382 g/mol. The molecule has 0 unspecified atom stereocenters. The van der Waals surface area contributed by atoms with Crippen LogP contribution >= 0.6 is 11.5 Å². The topological polar surface area (TPSA) is 84.9 Å². The number of aromatic nitrogens is 4. The van der Waals surface area contributed by atoms with Gasteiger partial charge in [0.2, 0.25) is 5.13 Å². The van der Waals surface area contributed by atoms with E-state index >= 15 is 0 Å². The number of nitrogens with zero attached hydrogens (tertiary/aromatic N) is 4. The van der Waals surface area contributed by atoms with Gasteiger partial charge in [-0.1, -0.05) is 0 Å². The molecule has 0 aromatic carbocycles. The van der Waals surface area contributed by atoms with Gasteiger partial charge in [0, 0.05) is 37.0 Å². The van der Waals surface area contributed by atoms with Crippen LogP contribution in [0.4, 0.5) is 29.8 Å². The number of anilines is 3. The molecule has 0 spiro atoms. The van der Waals surface area contributed by atoms with Gasteiger partial charge in [0.1, 0.15) is 11.4 Å². The van der Waals surface area contributed by atoms with Crippen LogP contribution in [-0.2, 0) is 6.18 Å². The predicted molar refractivity (Wildman–Crippen MR) is 91.8 cm³/mol. The maximum absolute atomic E-state index is 12.8. The van der Waals surface area contributed by atoms with Crippen LogP contribution in [-0.4, -0.2) is 33.5 Å². The largest absolute Gasteiger partial charge is 0.497 e. The van der Waals surface area contributed by atoms with Gasteiger partial charge in [-0.3, -0.25) is 4.98 Å². The summed E-state index contributed by atoms with van der Waals surface area (Å²) >= 11 is 1.04. The summed E-state index contributed by atoms with van der Waals surface area (Å²) in [6.45, 7) is 0. The Morgan fingerprint density at radius 2 is 2.00 bits per heavy atom. The maximum atomic E-state index is 12.8. The summed E-state index contributed by atoms with van der Waals surface area (Å²) in [4.78, 5) is 12.3. The molecule has 0 aliphatic heterocycles. The number of ether oxygens (including phenoxy) is 1. The molecule has 2 N–H and O–H groups in total. The van der Waals surface area contributed by atoms with Gasteiger partial charge in [0.25, 0.3) is 0 Å². The number of halogens is 3. The minimum Gasteiger partial charge on any atom is -0.497 e. The van der Waals surface area contributed by atoms with Crippen molar-refractivity contribution >= 4 is 28.2 Å². The fourth-order valence-electron chi connectivity index (χ4n) is 2.05. The maximum Gasteiger partial charge on any atom is 0.417 e. The number of rotatable bonds is 5. The third-order valence-electron chi connectivity index (χ3n) is 3.33. The first-order valence-corrected chi connectivity index (χ1v) is 8.04. The van der Waals surface area contributed by atoms with E-state index in [4.69, 9.17) is 4.74 Å². The van der Waals surface area contributed by atoms with Crippen LogP contribution < -0.4 is 15.4 Å². The Kier molecular flexibility index (Phi) is 4.89. The number of nitrogens with one attached hydrogen (secondary N) is 2. The zero-order valence-electron chi connectivity index (χ0n) is 13.6. The molecule has 0 aliphatic rings. The molecular formula is C15H13F3N6OS. The normalized spacial score (nSPS) is 11.3. The summed E-state index contributed by atoms with van der Waals surface area (Å²) in [7, 11) is 3.05. The highest BCUT2D eigenvalue weighted by Gasteiger charge is 2.31. The van der Waals surface area contributed by atoms with E-state index in [9.17, 15) is 13.2 Å². The van der Waals surface area contributed by atoms with Crippen LogP contribution in [0.2, 0.25) is 0 Å². The molecule has 0 fully saturated rings. The lowest BCUT2D eigenvalue weighted by Gasteiger charge is -2.12. The summed E-state index contributed by atoms with van der Waals surface area (Å²) in [6.07, 6.45) is -2.14. The molecule has 0 radical (unpaired) electrons. The molecule has 0 amide bonds. The van der Waals surface area contributed by atoms with Gasteiger partial charge in [0.05, 0.1) is 18.4 Å². The van der Waals surface area contributed by atoms with E-state index in [1.165, 1.54) is 14.2 Å². The SMILES string of the molecule is CNc1cc(C(F)(F)F)cnc1Nc1nc(-c2cc(OC)ccn2)ns1. The van der Waals surface area contributed by atoms with Crippen molar-refractivity contribution in [1.29, 1.82) is 0 Å². The number of alkyl halides is 3. The average Bonchev–Trinajstić information content (AvgIpc) is 3.09. The average molecular weight is 382 g/mol. The molecule has 3 aromatic heterocycles. The summed E-state index contributed by atoms with van der Waals surface area (Å²) < 4.78 is 47.7. The van der Waals surface area contributed by atoms with Gasteiger partial charge >= 0.3 is 6.18 Å². The van der Waals surface area contributed by atoms with Gasteiger partial charge in [-0.25, -0.2) is 4.98 Å². The number of methoxy groups -OCH3 is 1. The van der Waals surface area contributed by atoms with Crippen LogP contribution in [0.1, 0.15) is 5.56 Å². The molecule has 0 saturated heterocycles. The minimum absolute atomic E-state index is 0.191. The summed E-state index contributed by atoms with van der Waals surface area (Å²) in [6, 6.07) is 4.35. The van der Waals surface area contributed by atoms with Crippen molar-refractivity contribution in [2.75, 3.05) is 24.8 Å². The quantitative estimate of drug-likeness (QED) is 0.694. The van der Waals surface area contributed by atoms with Crippen LogP contribution in [0.5, 0.6) is 5.75 Å². The highest BCUT2D eigenvalue weighted by molar-refractivity contribution is 7.09. The van der Waals surface area contributed by atoms with Crippen molar-refractivity contribution in [3.8, 4) is 17.3 Å². The van der Waals surface area contributed by atoms with E-state index in [1.54, 1.807) is 18.3 Å². The van der Waals surface area contributed by atoms with E-state index in [-0.39, 0.29) is 11.5 Å². The number of hydrogen-bond acceptors (Lipinski definition) is 8. The first-order chi connectivity index (χ1) is 12.4. The number of pyridine rings is 2. The summed E-state index contributed by atoms with van der Waals surface area (Å²) in [5, 5.41) is 5.92. The van der Waals surface area contributed by atoms with Crippen LogP contribution in [0.3, 0.4) is 0 Å². The molecular weight excluding hydrogens is 369 g/mol. The molecule has 3 rings (SSSR count). The van der Waals surface area contributed by atoms with Gasteiger partial charge in [-0.05, 0) is 12.1 Å². The van der Waals surface area contributed by atoms with Gasteiger partial charge < -0.3 is 15.4 Å². The lowest BCUT2D eigenvalue weighted by molar-refractivity contribution is -0.137. The fraction of sp³-hybridized carbons (Fsp3) is 0.200. The number of hydrogen-bond donors (Lipinski definition) is 2. The molecule has 3 aromatic rings. The molecule has 11 heteroatoms. The van der Waals surface area contributed by atoms with Gasteiger partial charge in [-0.2, -0.15) is 22.5 Å². The summed E-state index contributed by atoms with van der Waals surface area (Å²) in [5.74, 6) is 1.19. The molecule has 3 heterocycles. The van der Waals surface area contributed by atoms with E-state index < -0.39 is 11.7 Å². The van der Waals surface area contributed by atoms with Crippen LogP contribution in [0.15, 0.2) is 30.6 Å². The van der Waals surface area contributed by atoms with Crippen molar-refractivity contribution in [3.63, 3.8) is 0 Å². The van der Waals surface area contributed by atoms with Crippen LogP contribution in [0.25, 0.3) is 11.5 Å². The lowest BCUT2D eigenvalue weighted by atomic mass is 10.2. The molecule has 7 nitrogen and oxygen atoms in total. The second-order valence-electron chi connectivity index (χ2n) is 5.00. The Morgan fingerprint density at radius 3 is 2.69 bits per heavy atom. The van der Waals surface area contributed by atoms with Crippen LogP contribution in [0, 0.1) is 0 Å². The second kappa shape index (κ2) is 7.12. The van der Waals surface area contributed by atoms with Gasteiger partial charge in [-0.15, -0.1) is 0 Å². The smallest absolute Gasteiger partial charge is 0.417 e. The standard InChI is InChI=1S/C15H13F3N6OS/c1-19-10-5-8(15(16,17)18)7-21-12(10)22-14-23-13(24-26-14)11-6-9(25-2)3-4-20-11/h3-7,19H,1-2H3,(H,21,22,23,24). The second-order valence-corrected chi connectivity index (χ2v) is 5.75. The molecule has 0 bridgehead atoms. The Morgan fingerprint density at radius 1 is 1.19 bits per heavy atom. The molecule has 136 valence electrons. The third kappa shape index (κ3) is 3.82. The lowest BCUT2D eigenvalue weighted by Crippen LogP contribution is -2.08. The van der Waals surface area contributed by atoms with Crippen molar-refractivity contribution in [2.45, 2.75) is 6.18 Å². The third-order valence-corrected chi connectivity index (χ3v) is 3.96. The Labute approximate surface area is 150 Å². The Hall–Kier alpha value is -2.95. The molecule has 0 atom stereocenters. The highest BCUT2D eigenvalue weighted by atomic mass is 32.1. The zero-order chi connectivity index (χ0) is 18.7. The van der Waals surface area contributed by atoms with Crippen molar-refractivity contribution < 1.29 is 17.9 Å². The Bertz CT molecular complexity index is 914. The van der Waals surface area contributed by atoms with Crippen molar-refractivity contribution in [2.24, 2.45) is 0 Å². The highest BCUT2D eigenvalue weighted by Crippen LogP contribution is 2.33. The Balaban J connectivity index is 1.85. The molecule has 0 saturated carbocycles. The van der Waals surface area contributed by atoms with Crippen molar-refractivity contribution in [3.05, 3.63) is 36.2 Å². The van der Waals surface area contributed by atoms with E-state index in [1.807, 2.05) is 0 Å². The fourth-order valence-corrected chi connectivity index (χ4v) is 2.63. The first-order valence-electron chi connectivity index (χ1n) is 7.27. The molecule has 26 heavy (non-hydrogen) atoms. The predicted octanol–water partition coefficient (Wildman–Crippen LogP) is 3.81. The zero-order valence-corrected chi connectivity index (χ0v) is 14.4. The van der Waals surface area contributed by atoms with Crippen molar-refractivity contribution in [1.82, 2.24) is 19.3 Å². The summed E-state index contributed by atoms with van der Waals surface area (Å²) in [5.41, 5.74) is -0.134. The minimum atomic E-state index is -4.47. The van der Waals surface area contributed by atoms with E-state index in [0.717, 1.165) is 23.8 Å². The first kappa shape index (κ1) is 17.9. The van der Waals surface area contributed by atoms with E-state index in [2.05, 4.69) is 30.0 Å².